The highest BCUT2D eigenvalue weighted by molar-refractivity contribution is 6.01. The number of amides is 1. The van der Waals surface area contributed by atoms with Gasteiger partial charge in [-0.05, 0) is 32.0 Å². The number of carbonyl (C=O) groups is 1. The smallest absolute Gasteiger partial charge is 0.416 e. The molecule has 0 bridgehead atoms. The van der Waals surface area contributed by atoms with E-state index in [1.165, 1.54) is 12.1 Å². The lowest BCUT2D eigenvalue weighted by Crippen LogP contribution is -2.26. The van der Waals surface area contributed by atoms with Crippen molar-refractivity contribution in [1.29, 1.82) is 0 Å². The first-order valence-corrected chi connectivity index (χ1v) is 9.82. The summed E-state index contributed by atoms with van der Waals surface area (Å²) in [5, 5.41) is 6.40. The SMILES string of the molecule is Cc1noc(C)c1CN1CCc2nc(C(=O)Nc3cccc(C(F)(F)F)c3)oc2CC1. The topological polar surface area (TPSA) is 84.4 Å². The number of fused-ring (bicyclic) bond motifs is 1. The number of rotatable bonds is 4. The summed E-state index contributed by atoms with van der Waals surface area (Å²) >= 11 is 0. The second-order valence-electron chi connectivity index (χ2n) is 7.50. The van der Waals surface area contributed by atoms with Crippen molar-refractivity contribution in [3.05, 3.63) is 64.2 Å². The predicted octanol–water partition coefficient (Wildman–Crippen LogP) is 4.15. The fraction of sp³-hybridized carbons (Fsp3) is 0.381. The number of hydrogen-bond donors (Lipinski definition) is 1. The van der Waals surface area contributed by atoms with Gasteiger partial charge in [0.05, 0.1) is 17.0 Å². The van der Waals surface area contributed by atoms with Crippen molar-refractivity contribution in [3.63, 3.8) is 0 Å². The zero-order chi connectivity index (χ0) is 22.2. The molecule has 1 N–H and O–H groups in total. The summed E-state index contributed by atoms with van der Waals surface area (Å²) in [5.41, 5.74) is 1.80. The first-order chi connectivity index (χ1) is 14.7. The Morgan fingerprint density at radius 3 is 2.71 bits per heavy atom. The van der Waals surface area contributed by atoms with E-state index in [9.17, 15) is 18.0 Å². The molecule has 0 saturated carbocycles. The Morgan fingerprint density at radius 1 is 1.23 bits per heavy atom. The van der Waals surface area contributed by atoms with Gasteiger partial charge in [-0.2, -0.15) is 13.2 Å². The average molecular weight is 434 g/mol. The fourth-order valence-corrected chi connectivity index (χ4v) is 3.57. The Bertz CT molecular complexity index is 1060. The van der Waals surface area contributed by atoms with Crippen molar-refractivity contribution in [2.75, 3.05) is 18.4 Å². The molecule has 1 aliphatic heterocycles. The van der Waals surface area contributed by atoms with Gasteiger partial charge in [-0.3, -0.25) is 9.69 Å². The quantitative estimate of drug-likeness (QED) is 0.664. The molecule has 10 heteroatoms. The third-order valence-electron chi connectivity index (χ3n) is 5.30. The molecule has 0 fully saturated rings. The lowest BCUT2D eigenvalue weighted by atomic mass is 10.2. The zero-order valence-corrected chi connectivity index (χ0v) is 17.0. The van der Waals surface area contributed by atoms with Gasteiger partial charge < -0.3 is 14.3 Å². The van der Waals surface area contributed by atoms with Crippen LogP contribution in [0.5, 0.6) is 0 Å². The molecule has 4 rings (SSSR count). The molecular weight excluding hydrogens is 413 g/mol. The number of alkyl halides is 3. The summed E-state index contributed by atoms with van der Waals surface area (Å²) in [4.78, 5) is 19.0. The molecule has 0 aliphatic carbocycles. The van der Waals surface area contributed by atoms with Crippen LogP contribution in [0.15, 0.2) is 33.2 Å². The van der Waals surface area contributed by atoms with Gasteiger partial charge in [0, 0.05) is 43.7 Å². The van der Waals surface area contributed by atoms with Crippen LogP contribution in [-0.4, -0.2) is 34.0 Å². The molecule has 0 spiro atoms. The molecule has 0 atom stereocenters. The molecule has 3 aromatic rings. The molecule has 0 saturated heterocycles. The van der Waals surface area contributed by atoms with Crippen molar-refractivity contribution in [2.24, 2.45) is 0 Å². The van der Waals surface area contributed by atoms with Crippen molar-refractivity contribution in [3.8, 4) is 0 Å². The Kier molecular flexibility index (Phi) is 5.57. The van der Waals surface area contributed by atoms with E-state index in [0.29, 0.717) is 37.4 Å². The number of benzene rings is 1. The fourth-order valence-electron chi connectivity index (χ4n) is 3.57. The maximum atomic E-state index is 12.9. The second kappa shape index (κ2) is 8.18. The van der Waals surface area contributed by atoms with Crippen LogP contribution in [-0.2, 0) is 25.6 Å². The van der Waals surface area contributed by atoms with Gasteiger partial charge in [0.25, 0.3) is 5.89 Å². The summed E-state index contributed by atoms with van der Waals surface area (Å²) in [6, 6.07) is 4.43. The van der Waals surface area contributed by atoms with Crippen molar-refractivity contribution in [1.82, 2.24) is 15.0 Å². The summed E-state index contributed by atoms with van der Waals surface area (Å²) in [6.45, 7) is 5.92. The molecular formula is C21H21F3N4O3. The van der Waals surface area contributed by atoms with E-state index in [4.69, 9.17) is 8.94 Å². The Morgan fingerprint density at radius 2 is 2.00 bits per heavy atom. The molecule has 0 radical (unpaired) electrons. The maximum Gasteiger partial charge on any atom is 0.416 e. The summed E-state index contributed by atoms with van der Waals surface area (Å²) in [6.07, 6.45) is -3.32. The van der Waals surface area contributed by atoms with Gasteiger partial charge in [-0.25, -0.2) is 4.98 Å². The molecule has 1 aliphatic rings. The normalized spacial score (nSPS) is 14.9. The monoisotopic (exact) mass is 434 g/mol. The van der Waals surface area contributed by atoms with Gasteiger partial charge in [-0.15, -0.1) is 0 Å². The van der Waals surface area contributed by atoms with E-state index in [-0.39, 0.29) is 11.6 Å². The van der Waals surface area contributed by atoms with Crippen LogP contribution < -0.4 is 5.32 Å². The summed E-state index contributed by atoms with van der Waals surface area (Å²) < 4.78 is 49.4. The summed E-state index contributed by atoms with van der Waals surface area (Å²) in [5.74, 6) is 0.585. The lowest BCUT2D eigenvalue weighted by Gasteiger charge is -2.19. The Hall–Kier alpha value is -3.14. The largest absolute Gasteiger partial charge is 0.437 e. The highest BCUT2D eigenvalue weighted by Gasteiger charge is 2.31. The van der Waals surface area contributed by atoms with Gasteiger partial charge in [0.2, 0.25) is 0 Å². The van der Waals surface area contributed by atoms with Crippen molar-refractivity contribution < 1.29 is 26.9 Å². The first kappa shape index (κ1) is 21.1. The molecule has 7 nitrogen and oxygen atoms in total. The highest BCUT2D eigenvalue weighted by atomic mass is 19.4. The standard InChI is InChI=1S/C21H21F3N4O3/c1-12-16(13(2)31-27-12)11-28-8-6-17-18(7-9-28)30-20(26-17)19(29)25-15-5-3-4-14(10-15)21(22,23)24/h3-5,10H,6-9,11H2,1-2H3,(H,25,29). The van der Waals surface area contributed by atoms with Crippen LogP contribution in [0.3, 0.4) is 0 Å². The molecule has 1 aromatic carbocycles. The van der Waals surface area contributed by atoms with E-state index in [1.807, 2.05) is 13.8 Å². The van der Waals surface area contributed by atoms with Gasteiger partial charge in [0.15, 0.2) is 0 Å². The maximum absolute atomic E-state index is 12.9. The van der Waals surface area contributed by atoms with E-state index in [0.717, 1.165) is 35.7 Å². The number of nitrogens with one attached hydrogen (secondary N) is 1. The number of aryl methyl sites for hydroxylation is 2. The van der Waals surface area contributed by atoms with E-state index in [1.54, 1.807) is 0 Å². The van der Waals surface area contributed by atoms with Crippen molar-refractivity contribution in [2.45, 2.75) is 39.4 Å². The molecule has 2 aromatic heterocycles. The first-order valence-electron chi connectivity index (χ1n) is 9.82. The second-order valence-corrected chi connectivity index (χ2v) is 7.50. The van der Waals surface area contributed by atoms with Gasteiger partial charge in [0.1, 0.15) is 11.5 Å². The molecule has 3 heterocycles. The number of halogens is 3. The van der Waals surface area contributed by atoms with Crippen LogP contribution in [0.1, 0.15) is 44.7 Å². The van der Waals surface area contributed by atoms with Gasteiger partial charge in [-0.1, -0.05) is 11.2 Å². The average Bonchev–Trinajstić information content (AvgIpc) is 3.21. The van der Waals surface area contributed by atoms with E-state index >= 15 is 0 Å². The number of oxazole rings is 1. The Balaban J connectivity index is 1.41. The van der Waals surface area contributed by atoms with Crippen LogP contribution in [0.2, 0.25) is 0 Å². The van der Waals surface area contributed by atoms with Gasteiger partial charge >= 0.3 is 12.1 Å². The van der Waals surface area contributed by atoms with E-state index < -0.39 is 17.6 Å². The molecule has 0 unspecified atom stereocenters. The summed E-state index contributed by atoms with van der Waals surface area (Å²) in [7, 11) is 0. The number of carbonyl (C=O) groups excluding carboxylic acids is 1. The highest BCUT2D eigenvalue weighted by Crippen LogP contribution is 2.31. The Labute approximate surface area is 176 Å². The van der Waals surface area contributed by atoms with Crippen LogP contribution in [0.4, 0.5) is 18.9 Å². The molecule has 1 amide bonds. The van der Waals surface area contributed by atoms with Crippen LogP contribution in [0, 0.1) is 13.8 Å². The van der Waals surface area contributed by atoms with Crippen LogP contribution in [0.25, 0.3) is 0 Å². The minimum Gasteiger partial charge on any atom is -0.437 e. The zero-order valence-electron chi connectivity index (χ0n) is 17.0. The van der Waals surface area contributed by atoms with E-state index in [2.05, 4.69) is 20.4 Å². The predicted molar refractivity (Wildman–Crippen MR) is 105 cm³/mol. The third kappa shape index (κ3) is 4.63. The number of aromatic nitrogens is 2. The minimum atomic E-state index is -4.49. The number of anilines is 1. The van der Waals surface area contributed by atoms with Crippen LogP contribution >= 0.6 is 0 Å². The molecule has 164 valence electrons. The van der Waals surface area contributed by atoms with Crippen molar-refractivity contribution >= 4 is 11.6 Å². The third-order valence-corrected chi connectivity index (χ3v) is 5.30. The number of nitrogens with zero attached hydrogens (tertiary/aromatic N) is 3. The molecule has 31 heavy (non-hydrogen) atoms. The lowest BCUT2D eigenvalue weighted by molar-refractivity contribution is -0.137. The minimum absolute atomic E-state index is 0.0267. The number of hydrogen-bond acceptors (Lipinski definition) is 6.